The van der Waals surface area contributed by atoms with Gasteiger partial charge in [0.2, 0.25) is 0 Å². The molecule has 1 saturated heterocycles. The van der Waals surface area contributed by atoms with E-state index in [-0.39, 0.29) is 17.6 Å². The molecule has 0 spiro atoms. The summed E-state index contributed by atoms with van der Waals surface area (Å²) in [6, 6.07) is 15.9. The molecule has 32 heavy (non-hydrogen) atoms. The number of hydrogen-bond acceptors (Lipinski definition) is 6. The summed E-state index contributed by atoms with van der Waals surface area (Å²) in [4.78, 5) is 15.3. The van der Waals surface area contributed by atoms with Crippen molar-refractivity contribution in [3.8, 4) is 22.8 Å². The molecule has 3 aromatic rings. The van der Waals surface area contributed by atoms with Crippen molar-refractivity contribution >= 4 is 5.91 Å². The zero-order chi connectivity index (χ0) is 21.9. The highest BCUT2D eigenvalue weighted by atomic mass is 16.6. The SMILES string of the molecule is Cc1ccc([C@@H](CNC(=O)c2cc(-c3ccc4c(c3)OCCO4)on2)N2CCCC2)cc1. The summed E-state index contributed by atoms with van der Waals surface area (Å²) >= 11 is 0. The molecule has 1 amide bonds. The Morgan fingerprint density at radius 2 is 1.78 bits per heavy atom. The van der Waals surface area contributed by atoms with Gasteiger partial charge < -0.3 is 19.3 Å². The molecule has 0 unspecified atom stereocenters. The first kappa shape index (κ1) is 20.6. The van der Waals surface area contributed by atoms with Gasteiger partial charge in [-0.05, 0) is 56.6 Å². The zero-order valence-electron chi connectivity index (χ0n) is 18.2. The van der Waals surface area contributed by atoms with Crippen LogP contribution in [0.5, 0.6) is 11.5 Å². The van der Waals surface area contributed by atoms with Crippen molar-refractivity contribution in [2.45, 2.75) is 25.8 Å². The first-order valence-electron chi connectivity index (χ1n) is 11.1. The first-order valence-corrected chi connectivity index (χ1v) is 11.1. The van der Waals surface area contributed by atoms with Gasteiger partial charge in [-0.15, -0.1) is 0 Å². The molecule has 0 radical (unpaired) electrons. The van der Waals surface area contributed by atoms with E-state index in [0.717, 1.165) is 18.7 Å². The molecule has 1 aromatic heterocycles. The van der Waals surface area contributed by atoms with E-state index in [1.807, 2.05) is 18.2 Å². The van der Waals surface area contributed by atoms with E-state index in [1.165, 1.54) is 24.0 Å². The number of aryl methyl sites for hydroxylation is 1. The Hall–Kier alpha value is -3.32. The minimum atomic E-state index is -0.242. The summed E-state index contributed by atoms with van der Waals surface area (Å²) in [6.07, 6.45) is 2.39. The number of amides is 1. The van der Waals surface area contributed by atoms with Crippen molar-refractivity contribution < 1.29 is 18.8 Å². The molecule has 166 valence electrons. The average molecular weight is 434 g/mol. The fourth-order valence-electron chi connectivity index (χ4n) is 4.29. The number of benzene rings is 2. The van der Waals surface area contributed by atoms with Gasteiger partial charge in [0.15, 0.2) is 23.0 Å². The zero-order valence-corrected chi connectivity index (χ0v) is 18.2. The smallest absolute Gasteiger partial charge is 0.273 e. The monoisotopic (exact) mass is 433 g/mol. The van der Waals surface area contributed by atoms with E-state index in [2.05, 4.69) is 46.6 Å². The molecule has 0 saturated carbocycles. The number of carbonyl (C=O) groups excluding carboxylic acids is 1. The van der Waals surface area contributed by atoms with Gasteiger partial charge in [0.25, 0.3) is 5.91 Å². The Labute approximate surface area is 187 Å². The van der Waals surface area contributed by atoms with Crippen LogP contribution in [0.15, 0.2) is 53.1 Å². The van der Waals surface area contributed by atoms with Crippen LogP contribution in [-0.2, 0) is 0 Å². The van der Waals surface area contributed by atoms with Crippen molar-refractivity contribution in [1.29, 1.82) is 0 Å². The minimum Gasteiger partial charge on any atom is -0.486 e. The topological polar surface area (TPSA) is 76.8 Å². The van der Waals surface area contributed by atoms with Crippen LogP contribution < -0.4 is 14.8 Å². The van der Waals surface area contributed by atoms with Crippen LogP contribution in [0.1, 0.15) is 40.5 Å². The third-order valence-corrected chi connectivity index (χ3v) is 6.07. The lowest BCUT2D eigenvalue weighted by Crippen LogP contribution is -2.36. The van der Waals surface area contributed by atoms with Crippen LogP contribution in [0.4, 0.5) is 0 Å². The van der Waals surface area contributed by atoms with Crippen LogP contribution in [0.2, 0.25) is 0 Å². The lowest BCUT2D eigenvalue weighted by atomic mass is 10.0. The maximum Gasteiger partial charge on any atom is 0.273 e. The molecule has 7 nitrogen and oxygen atoms in total. The number of rotatable bonds is 6. The van der Waals surface area contributed by atoms with Crippen LogP contribution in [0.25, 0.3) is 11.3 Å². The van der Waals surface area contributed by atoms with Crippen molar-refractivity contribution in [3.05, 3.63) is 65.4 Å². The first-order chi connectivity index (χ1) is 15.7. The van der Waals surface area contributed by atoms with Gasteiger partial charge in [-0.3, -0.25) is 9.69 Å². The molecule has 7 heteroatoms. The molecule has 3 heterocycles. The highest BCUT2D eigenvalue weighted by molar-refractivity contribution is 5.93. The van der Waals surface area contributed by atoms with Crippen LogP contribution in [0, 0.1) is 6.92 Å². The Morgan fingerprint density at radius 1 is 1.03 bits per heavy atom. The van der Waals surface area contributed by atoms with E-state index < -0.39 is 0 Å². The number of hydrogen-bond donors (Lipinski definition) is 1. The Balaban J connectivity index is 1.28. The summed E-state index contributed by atoms with van der Waals surface area (Å²) in [6.45, 7) is 5.76. The Bertz CT molecular complexity index is 1090. The van der Waals surface area contributed by atoms with Gasteiger partial charge in [-0.25, -0.2) is 0 Å². The molecular formula is C25H27N3O4. The van der Waals surface area contributed by atoms with E-state index >= 15 is 0 Å². The molecule has 0 bridgehead atoms. The maximum atomic E-state index is 12.8. The molecular weight excluding hydrogens is 406 g/mol. The summed E-state index contributed by atoms with van der Waals surface area (Å²) < 4.78 is 16.6. The number of nitrogens with zero attached hydrogens (tertiary/aromatic N) is 2. The largest absolute Gasteiger partial charge is 0.486 e. The molecule has 0 aliphatic carbocycles. The Kier molecular flexibility index (Phi) is 5.81. The average Bonchev–Trinajstić information content (AvgIpc) is 3.53. The summed E-state index contributed by atoms with van der Waals surface area (Å²) in [5, 5.41) is 7.05. The van der Waals surface area contributed by atoms with Gasteiger partial charge in [0.1, 0.15) is 13.2 Å². The van der Waals surface area contributed by atoms with E-state index in [1.54, 1.807) is 6.07 Å². The Morgan fingerprint density at radius 3 is 2.56 bits per heavy atom. The predicted molar refractivity (Wildman–Crippen MR) is 120 cm³/mol. The number of nitrogens with one attached hydrogen (secondary N) is 1. The molecule has 2 aromatic carbocycles. The molecule has 1 atom stereocenters. The van der Waals surface area contributed by atoms with Crippen LogP contribution >= 0.6 is 0 Å². The highest BCUT2D eigenvalue weighted by Gasteiger charge is 2.25. The van der Waals surface area contributed by atoms with Crippen molar-refractivity contribution in [2.75, 3.05) is 32.8 Å². The molecule has 2 aliphatic heterocycles. The van der Waals surface area contributed by atoms with E-state index in [0.29, 0.717) is 37.0 Å². The number of aromatic nitrogens is 1. The van der Waals surface area contributed by atoms with Crippen LogP contribution in [0.3, 0.4) is 0 Å². The summed E-state index contributed by atoms with van der Waals surface area (Å²) in [5.41, 5.74) is 3.50. The van der Waals surface area contributed by atoms with E-state index in [9.17, 15) is 4.79 Å². The fourth-order valence-corrected chi connectivity index (χ4v) is 4.29. The number of ether oxygens (including phenoxy) is 2. The number of fused-ring (bicyclic) bond motifs is 1. The second-order valence-electron chi connectivity index (χ2n) is 8.31. The van der Waals surface area contributed by atoms with Gasteiger partial charge >= 0.3 is 0 Å². The second kappa shape index (κ2) is 9.04. The van der Waals surface area contributed by atoms with Gasteiger partial charge in [0, 0.05) is 18.2 Å². The molecule has 1 fully saturated rings. The van der Waals surface area contributed by atoms with Gasteiger partial charge in [0.05, 0.1) is 6.04 Å². The third-order valence-electron chi connectivity index (χ3n) is 6.07. The van der Waals surface area contributed by atoms with E-state index in [4.69, 9.17) is 14.0 Å². The van der Waals surface area contributed by atoms with Crippen molar-refractivity contribution in [2.24, 2.45) is 0 Å². The molecule has 5 rings (SSSR count). The fraction of sp³-hybridized carbons (Fsp3) is 0.360. The summed E-state index contributed by atoms with van der Waals surface area (Å²) in [5.74, 6) is 1.65. The second-order valence-corrected chi connectivity index (χ2v) is 8.31. The standard InChI is InChI=1S/C25H27N3O4/c1-17-4-6-18(7-5-17)21(28-10-2-3-11-28)16-26-25(29)20-15-23(32-27-20)19-8-9-22-24(14-19)31-13-12-30-22/h4-9,14-15,21H,2-3,10-13,16H2,1H3,(H,26,29)/t21-/m1/s1. The molecule has 1 N–H and O–H groups in total. The number of carbonyl (C=O) groups is 1. The highest BCUT2D eigenvalue weighted by Crippen LogP contribution is 2.34. The number of likely N-dealkylation sites (tertiary alicyclic amines) is 1. The third kappa shape index (κ3) is 4.34. The van der Waals surface area contributed by atoms with Gasteiger partial charge in [-0.2, -0.15) is 0 Å². The van der Waals surface area contributed by atoms with Gasteiger partial charge in [-0.1, -0.05) is 35.0 Å². The lowest BCUT2D eigenvalue weighted by Gasteiger charge is -2.28. The lowest BCUT2D eigenvalue weighted by molar-refractivity contribution is 0.0929. The minimum absolute atomic E-state index is 0.145. The van der Waals surface area contributed by atoms with Crippen molar-refractivity contribution in [1.82, 2.24) is 15.4 Å². The normalized spacial score (nSPS) is 16.7. The van der Waals surface area contributed by atoms with Crippen LogP contribution in [-0.4, -0.2) is 48.8 Å². The van der Waals surface area contributed by atoms with Crippen molar-refractivity contribution in [3.63, 3.8) is 0 Å². The summed E-state index contributed by atoms with van der Waals surface area (Å²) in [7, 11) is 0. The predicted octanol–water partition coefficient (Wildman–Crippen LogP) is 3.99. The maximum absolute atomic E-state index is 12.8. The molecule has 2 aliphatic rings. The quantitative estimate of drug-likeness (QED) is 0.634.